The molecule has 3 nitrogen and oxygen atoms in total. The molecule has 20 heavy (non-hydrogen) atoms. The number of aromatic nitrogens is 1. The Hall–Kier alpha value is -0.680. The van der Waals surface area contributed by atoms with Gasteiger partial charge in [-0.3, -0.25) is 0 Å². The fraction of sp³-hybridized carbons (Fsp3) is 0.154. The normalized spacial score (nSPS) is 10.4. The number of nitrogens with one attached hydrogen (secondary N) is 2. The predicted octanol–water partition coefficient (Wildman–Crippen LogP) is 5.98. The number of pyridine rings is 1. The van der Waals surface area contributed by atoms with Crippen LogP contribution < -0.4 is 10.6 Å². The molecule has 0 fully saturated rings. The summed E-state index contributed by atoms with van der Waals surface area (Å²) in [5.41, 5.74) is 0.709. The van der Waals surface area contributed by atoms with Crippen LogP contribution in [0, 0.1) is 0 Å². The standard InChI is InChI=1S/C13H11BrCl3N3/c1-2-18-12-9(16)6-10(17)13(20-12)19-11-5-7(14)3-4-8(11)15/h3-6H,2H2,1H3,(H2,18,19,20). The number of benzene rings is 1. The number of hydrogen-bond acceptors (Lipinski definition) is 3. The maximum Gasteiger partial charge on any atom is 0.151 e. The minimum Gasteiger partial charge on any atom is -0.369 e. The number of hydrogen-bond donors (Lipinski definition) is 2. The first kappa shape index (κ1) is 15.7. The molecule has 0 atom stereocenters. The lowest BCUT2D eigenvalue weighted by molar-refractivity contribution is 1.16. The molecule has 2 aromatic rings. The molecule has 0 aliphatic heterocycles. The summed E-state index contributed by atoms with van der Waals surface area (Å²) in [5, 5.41) is 7.65. The van der Waals surface area contributed by atoms with Crippen LogP contribution in [0.25, 0.3) is 0 Å². The van der Waals surface area contributed by atoms with Crippen molar-refractivity contribution in [2.45, 2.75) is 6.92 Å². The molecule has 0 amide bonds. The second-order valence-corrected chi connectivity index (χ2v) is 6.07. The predicted molar refractivity (Wildman–Crippen MR) is 90.9 cm³/mol. The van der Waals surface area contributed by atoms with E-state index in [1.165, 1.54) is 0 Å². The van der Waals surface area contributed by atoms with E-state index in [1.54, 1.807) is 12.1 Å². The van der Waals surface area contributed by atoms with Crippen molar-refractivity contribution in [3.05, 3.63) is 43.8 Å². The minimum atomic E-state index is 0.424. The SMILES string of the molecule is CCNc1nc(Nc2cc(Br)ccc2Cl)c(Cl)cc1Cl. The van der Waals surface area contributed by atoms with E-state index < -0.39 is 0 Å². The first-order valence-corrected chi connectivity index (χ1v) is 7.76. The van der Waals surface area contributed by atoms with Gasteiger partial charge in [0.25, 0.3) is 0 Å². The average molecular weight is 396 g/mol. The third kappa shape index (κ3) is 3.70. The van der Waals surface area contributed by atoms with Gasteiger partial charge in [-0.2, -0.15) is 0 Å². The first-order chi connectivity index (χ1) is 9.51. The number of halogens is 4. The van der Waals surface area contributed by atoms with E-state index in [-0.39, 0.29) is 0 Å². The Morgan fingerprint density at radius 3 is 2.45 bits per heavy atom. The number of anilines is 3. The van der Waals surface area contributed by atoms with Crippen LogP contribution in [0.1, 0.15) is 6.92 Å². The summed E-state index contributed by atoms with van der Waals surface area (Å²) in [4.78, 5) is 4.37. The molecule has 0 bridgehead atoms. The van der Waals surface area contributed by atoms with E-state index in [4.69, 9.17) is 34.8 Å². The van der Waals surface area contributed by atoms with Crippen molar-refractivity contribution in [1.29, 1.82) is 0 Å². The van der Waals surface area contributed by atoms with Crippen LogP contribution in [0.15, 0.2) is 28.7 Å². The smallest absolute Gasteiger partial charge is 0.151 e. The highest BCUT2D eigenvalue weighted by molar-refractivity contribution is 9.10. The second-order valence-electron chi connectivity index (χ2n) is 3.93. The van der Waals surface area contributed by atoms with Crippen molar-refractivity contribution in [2.24, 2.45) is 0 Å². The minimum absolute atomic E-state index is 0.424. The van der Waals surface area contributed by atoms with Gasteiger partial charge in [-0.15, -0.1) is 0 Å². The molecular formula is C13H11BrCl3N3. The highest BCUT2D eigenvalue weighted by Crippen LogP contribution is 2.34. The summed E-state index contributed by atoms with van der Waals surface area (Å²) in [5.74, 6) is 1.07. The Balaban J connectivity index is 2.37. The van der Waals surface area contributed by atoms with Gasteiger partial charge in [-0.25, -0.2) is 4.98 Å². The van der Waals surface area contributed by atoms with Gasteiger partial charge in [0.1, 0.15) is 5.82 Å². The Bertz CT molecular complexity index is 634. The molecule has 2 rings (SSSR count). The molecule has 1 aromatic carbocycles. The fourth-order valence-electron chi connectivity index (χ4n) is 1.57. The van der Waals surface area contributed by atoms with Crippen LogP contribution in [0.3, 0.4) is 0 Å². The van der Waals surface area contributed by atoms with Crippen molar-refractivity contribution < 1.29 is 0 Å². The summed E-state index contributed by atoms with van der Waals surface area (Å²) in [6.45, 7) is 2.68. The highest BCUT2D eigenvalue weighted by atomic mass is 79.9. The Morgan fingerprint density at radius 1 is 1.05 bits per heavy atom. The van der Waals surface area contributed by atoms with E-state index in [0.717, 1.165) is 4.47 Å². The van der Waals surface area contributed by atoms with Crippen LogP contribution in [0.5, 0.6) is 0 Å². The van der Waals surface area contributed by atoms with Crippen LogP contribution >= 0.6 is 50.7 Å². The molecule has 0 aliphatic rings. The molecule has 1 aromatic heterocycles. The van der Waals surface area contributed by atoms with Gasteiger partial charge in [0, 0.05) is 11.0 Å². The quantitative estimate of drug-likeness (QED) is 0.669. The zero-order chi connectivity index (χ0) is 14.7. The molecule has 0 saturated heterocycles. The monoisotopic (exact) mass is 393 g/mol. The van der Waals surface area contributed by atoms with Gasteiger partial charge < -0.3 is 10.6 Å². The van der Waals surface area contributed by atoms with Gasteiger partial charge >= 0.3 is 0 Å². The van der Waals surface area contributed by atoms with E-state index in [9.17, 15) is 0 Å². The Labute approximate surface area is 140 Å². The van der Waals surface area contributed by atoms with Crippen molar-refractivity contribution in [1.82, 2.24) is 4.98 Å². The maximum atomic E-state index is 6.15. The van der Waals surface area contributed by atoms with Crippen molar-refractivity contribution in [3.8, 4) is 0 Å². The van der Waals surface area contributed by atoms with Gasteiger partial charge in [0.2, 0.25) is 0 Å². The molecule has 2 N–H and O–H groups in total. The van der Waals surface area contributed by atoms with Crippen LogP contribution in [0.4, 0.5) is 17.3 Å². The molecule has 0 unspecified atom stereocenters. The molecule has 0 radical (unpaired) electrons. The molecule has 0 spiro atoms. The molecule has 1 heterocycles. The van der Waals surface area contributed by atoms with Crippen LogP contribution in [-0.2, 0) is 0 Å². The lowest BCUT2D eigenvalue weighted by Crippen LogP contribution is -2.03. The summed E-state index contributed by atoms with van der Waals surface area (Å²) in [6, 6.07) is 7.13. The van der Waals surface area contributed by atoms with Gasteiger partial charge in [0.05, 0.1) is 20.8 Å². The topological polar surface area (TPSA) is 37.0 Å². The Morgan fingerprint density at radius 2 is 1.75 bits per heavy atom. The number of rotatable bonds is 4. The molecule has 0 aliphatic carbocycles. The van der Waals surface area contributed by atoms with E-state index in [2.05, 4.69) is 31.5 Å². The fourth-order valence-corrected chi connectivity index (χ4v) is 2.57. The zero-order valence-corrected chi connectivity index (χ0v) is 14.3. The number of nitrogens with zero attached hydrogens (tertiary/aromatic N) is 1. The molecule has 0 saturated carbocycles. The average Bonchev–Trinajstić information content (AvgIpc) is 2.39. The lowest BCUT2D eigenvalue weighted by atomic mass is 10.3. The van der Waals surface area contributed by atoms with E-state index >= 15 is 0 Å². The van der Waals surface area contributed by atoms with Crippen molar-refractivity contribution in [3.63, 3.8) is 0 Å². The van der Waals surface area contributed by atoms with Crippen LogP contribution in [0.2, 0.25) is 15.1 Å². The van der Waals surface area contributed by atoms with E-state index in [0.29, 0.717) is 38.9 Å². The first-order valence-electron chi connectivity index (χ1n) is 5.83. The maximum absolute atomic E-state index is 6.15. The lowest BCUT2D eigenvalue weighted by Gasteiger charge is -2.13. The van der Waals surface area contributed by atoms with Gasteiger partial charge in [0.15, 0.2) is 5.82 Å². The Kier molecular flexibility index (Phi) is 5.38. The summed E-state index contributed by atoms with van der Waals surface area (Å²) in [6.07, 6.45) is 0. The zero-order valence-electron chi connectivity index (χ0n) is 10.5. The highest BCUT2D eigenvalue weighted by Gasteiger charge is 2.10. The van der Waals surface area contributed by atoms with Gasteiger partial charge in [-0.1, -0.05) is 50.7 Å². The largest absolute Gasteiger partial charge is 0.369 e. The van der Waals surface area contributed by atoms with E-state index in [1.807, 2.05) is 19.1 Å². The summed E-state index contributed by atoms with van der Waals surface area (Å²) < 4.78 is 0.904. The van der Waals surface area contributed by atoms with Gasteiger partial charge in [-0.05, 0) is 31.2 Å². The summed E-state index contributed by atoms with van der Waals surface area (Å²) in [7, 11) is 0. The molecular weight excluding hydrogens is 384 g/mol. The van der Waals surface area contributed by atoms with Crippen molar-refractivity contribution in [2.75, 3.05) is 17.2 Å². The third-order valence-electron chi connectivity index (χ3n) is 2.46. The molecule has 7 heteroatoms. The van der Waals surface area contributed by atoms with Crippen molar-refractivity contribution >= 4 is 68.1 Å². The van der Waals surface area contributed by atoms with Crippen LogP contribution in [-0.4, -0.2) is 11.5 Å². The second kappa shape index (κ2) is 6.85. The summed E-state index contributed by atoms with van der Waals surface area (Å²) >= 11 is 21.7. The third-order valence-corrected chi connectivity index (χ3v) is 3.85. The molecule has 106 valence electrons.